The molecule has 4 rings (SSSR count). The van der Waals surface area contributed by atoms with Crippen LogP contribution < -0.4 is 0 Å². The molecule has 184 valence electrons. The first-order valence-electron chi connectivity index (χ1n) is 9.63. The Hall–Kier alpha value is -2.76. The van der Waals surface area contributed by atoms with Crippen LogP contribution in [0.15, 0.2) is 59.5 Å². The fraction of sp³-hybridized carbons (Fsp3) is 0.136. The van der Waals surface area contributed by atoms with Crippen LogP contribution in [0.2, 0.25) is 10.0 Å². The van der Waals surface area contributed by atoms with Gasteiger partial charge in [-0.25, -0.2) is 13.4 Å². The second-order valence-corrected chi connectivity index (χ2v) is 10.2. The van der Waals surface area contributed by atoms with E-state index in [1.165, 1.54) is 36.4 Å². The first kappa shape index (κ1) is 25.3. The summed E-state index contributed by atoms with van der Waals surface area (Å²) < 4.78 is 102. The van der Waals surface area contributed by atoms with Gasteiger partial charge < -0.3 is 4.98 Å². The van der Waals surface area contributed by atoms with Crippen molar-refractivity contribution in [2.75, 3.05) is 0 Å². The molecule has 0 fully saturated rings. The number of fused-ring (bicyclic) bond motifs is 1. The molecule has 0 aliphatic carbocycles. The number of hydrogen-bond donors (Lipinski definition) is 1. The van der Waals surface area contributed by atoms with E-state index in [0.29, 0.717) is 11.1 Å². The highest BCUT2D eigenvalue weighted by molar-refractivity contribution is 7.92. The van der Waals surface area contributed by atoms with Gasteiger partial charge in [-0.15, -0.1) is 0 Å². The molecule has 0 saturated heterocycles. The summed E-state index contributed by atoms with van der Waals surface area (Å²) in [4.78, 5) is 6.33. The van der Waals surface area contributed by atoms with Gasteiger partial charge in [-0.2, -0.15) is 26.3 Å². The third-order valence-corrected chi connectivity index (χ3v) is 7.30. The standard InChI is InChI=1S/C22H12Cl2F6N2O2S/c23-15-10-16-20(19(24)18(15)13-3-1-2-4-14(13)21(25,26)27)32-17(31-16)9-11-5-7-12(8-6-11)35(33,34)22(28,29)30/h1-8,10H,9H2,(H,31,32). The largest absolute Gasteiger partial charge is 0.501 e. The number of nitrogens with zero attached hydrogens (tertiary/aromatic N) is 1. The summed E-state index contributed by atoms with van der Waals surface area (Å²) in [5.41, 5.74) is -5.71. The Morgan fingerprint density at radius 2 is 1.54 bits per heavy atom. The number of imidazole rings is 1. The van der Waals surface area contributed by atoms with Gasteiger partial charge >= 0.3 is 11.7 Å². The zero-order chi connectivity index (χ0) is 25.8. The van der Waals surface area contributed by atoms with Crippen molar-refractivity contribution in [2.45, 2.75) is 23.0 Å². The third kappa shape index (κ3) is 4.72. The van der Waals surface area contributed by atoms with Crippen molar-refractivity contribution >= 4 is 44.1 Å². The molecule has 0 saturated carbocycles. The number of benzene rings is 3. The van der Waals surface area contributed by atoms with E-state index in [9.17, 15) is 34.8 Å². The molecule has 35 heavy (non-hydrogen) atoms. The lowest BCUT2D eigenvalue weighted by Gasteiger charge is -2.15. The zero-order valence-corrected chi connectivity index (χ0v) is 19.4. The Morgan fingerprint density at radius 3 is 2.14 bits per heavy atom. The maximum atomic E-state index is 13.5. The van der Waals surface area contributed by atoms with E-state index in [2.05, 4.69) is 9.97 Å². The molecule has 1 aromatic heterocycles. The molecule has 1 heterocycles. The number of halogens is 8. The summed E-state index contributed by atoms with van der Waals surface area (Å²) in [5.74, 6) is 0.283. The van der Waals surface area contributed by atoms with E-state index in [1.807, 2.05) is 0 Å². The number of aromatic nitrogens is 2. The molecule has 0 spiro atoms. The van der Waals surface area contributed by atoms with Gasteiger partial charge in [0.05, 0.1) is 26.0 Å². The van der Waals surface area contributed by atoms with Crippen molar-refractivity contribution in [3.63, 3.8) is 0 Å². The summed E-state index contributed by atoms with van der Waals surface area (Å²) in [5, 5.41) is -0.158. The summed E-state index contributed by atoms with van der Waals surface area (Å²) in [6.45, 7) is 0. The van der Waals surface area contributed by atoms with E-state index in [0.717, 1.165) is 18.2 Å². The Morgan fingerprint density at radius 1 is 0.914 bits per heavy atom. The average Bonchev–Trinajstić information content (AvgIpc) is 3.15. The minimum Gasteiger partial charge on any atom is -0.342 e. The number of sulfone groups is 1. The number of nitrogens with one attached hydrogen (secondary N) is 1. The van der Waals surface area contributed by atoms with E-state index in [-0.39, 0.29) is 38.9 Å². The lowest BCUT2D eigenvalue weighted by molar-refractivity contribution is -0.137. The van der Waals surface area contributed by atoms with Gasteiger partial charge in [0.25, 0.3) is 9.84 Å². The molecule has 0 atom stereocenters. The van der Waals surface area contributed by atoms with Crippen molar-refractivity contribution in [1.82, 2.24) is 9.97 Å². The third-order valence-electron chi connectivity index (χ3n) is 5.13. The predicted molar refractivity (Wildman–Crippen MR) is 119 cm³/mol. The summed E-state index contributed by atoms with van der Waals surface area (Å²) >= 11 is 12.7. The second kappa shape index (κ2) is 8.72. The van der Waals surface area contributed by atoms with Gasteiger partial charge in [-0.3, -0.25) is 0 Å². The minimum atomic E-state index is -5.48. The molecule has 3 aromatic carbocycles. The Kier molecular flexibility index (Phi) is 6.31. The lowest BCUT2D eigenvalue weighted by Crippen LogP contribution is -2.23. The highest BCUT2D eigenvalue weighted by atomic mass is 35.5. The van der Waals surface area contributed by atoms with E-state index in [1.54, 1.807) is 0 Å². The van der Waals surface area contributed by atoms with E-state index < -0.39 is 32.0 Å². The molecule has 0 unspecified atom stereocenters. The number of hydrogen-bond acceptors (Lipinski definition) is 3. The lowest BCUT2D eigenvalue weighted by atomic mass is 9.98. The number of alkyl halides is 6. The molecular weight excluding hydrogens is 541 g/mol. The molecule has 4 aromatic rings. The Bertz CT molecular complexity index is 1530. The fourth-order valence-electron chi connectivity index (χ4n) is 3.52. The van der Waals surface area contributed by atoms with Crippen LogP contribution in [0.5, 0.6) is 0 Å². The summed E-state index contributed by atoms with van der Waals surface area (Å²) in [6.07, 6.45) is -4.61. The summed E-state index contributed by atoms with van der Waals surface area (Å²) in [6, 6.07) is 10.2. The molecule has 0 aliphatic rings. The minimum absolute atomic E-state index is 0.0451. The van der Waals surface area contributed by atoms with Crippen LogP contribution >= 0.6 is 23.2 Å². The van der Waals surface area contributed by atoms with Crippen LogP contribution in [-0.4, -0.2) is 23.9 Å². The molecule has 0 bridgehead atoms. The van der Waals surface area contributed by atoms with Crippen LogP contribution in [0.25, 0.3) is 22.2 Å². The van der Waals surface area contributed by atoms with E-state index in [4.69, 9.17) is 23.2 Å². The van der Waals surface area contributed by atoms with Gasteiger partial charge in [-0.05, 0) is 35.4 Å². The molecule has 13 heteroatoms. The molecule has 0 aliphatic heterocycles. The molecular formula is C22H12Cl2F6N2O2S. The van der Waals surface area contributed by atoms with Crippen molar-refractivity contribution in [2.24, 2.45) is 0 Å². The van der Waals surface area contributed by atoms with Gasteiger partial charge in [-0.1, -0.05) is 53.5 Å². The van der Waals surface area contributed by atoms with Gasteiger partial charge in [0.2, 0.25) is 0 Å². The smallest absolute Gasteiger partial charge is 0.342 e. The number of rotatable bonds is 4. The van der Waals surface area contributed by atoms with E-state index >= 15 is 0 Å². The molecule has 1 N–H and O–H groups in total. The van der Waals surface area contributed by atoms with Crippen molar-refractivity contribution in [3.05, 3.63) is 81.6 Å². The molecule has 4 nitrogen and oxygen atoms in total. The van der Waals surface area contributed by atoms with Crippen molar-refractivity contribution in [3.8, 4) is 11.1 Å². The highest BCUT2D eigenvalue weighted by Gasteiger charge is 2.46. The average molecular weight is 553 g/mol. The first-order chi connectivity index (χ1) is 16.2. The van der Waals surface area contributed by atoms with Crippen LogP contribution in [0.1, 0.15) is 17.0 Å². The number of H-pyrrole nitrogens is 1. The SMILES string of the molecule is O=S(=O)(c1ccc(Cc2nc3c(Cl)c(-c4ccccc4C(F)(F)F)c(Cl)cc3[nH]2)cc1)C(F)(F)F. The predicted octanol–water partition coefficient (Wildman–Crippen LogP) is 7.44. The van der Waals surface area contributed by atoms with Crippen LogP contribution in [0.3, 0.4) is 0 Å². The quantitative estimate of drug-likeness (QED) is 0.267. The zero-order valence-electron chi connectivity index (χ0n) is 17.1. The number of aromatic amines is 1. The van der Waals surface area contributed by atoms with Gasteiger partial charge in [0, 0.05) is 12.0 Å². The Labute approximate surface area is 204 Å². The first-order valence-corrected chi connectivity index (χ1v) is 11.9. The van der Waals surface area contributed by atoms with Crippen LogP contribution in [0.4, 0.5) is 26.3 Å². The fourth-order valence-corrected chi connectivity index (χ4v) is 4.99. The maximum absolute atomic E-state index is 13.5. The van der Waals surface area contributed by atoms with Gasteiger partial charge in [0.15, 0.2) is 0 Å². The maximum Gasteiger partial charge on any atom is 0.501 e. The Balaban J connectivity index is 1.72. The normalized spacial score (nSPS) is 12.9. The van der Waals surface area contributed by atoms with Crippen molar-refractivity contribution in [1.29, 1.82) is 0 Å². The highest BCUT2D eigenvalue weighted by Crippen LogP contribution is 2.44. The van der Waals surface area contributed by atoms with Crippen LogP contribution in [-0.2, 0) is 22.4 Å². The van der Waals surface area contributed by atoms with Gasteiger partial charge in [0.1, 0.15) is 11.3 Å². The molecule has 0 amide bonds. The van der Waals surface area contributed by atoms with Crippen LogP contribution in [0, 0.1) is 0 Å². The topological polar surface area (TPSA) is 62.8 Å². The van der Waals surface area contributed by atoms with Crippen molar-refractivity contribution < 1.29 is 34.8 Å². The molecule has 0 radical (unpaired) electrons. The summed E-state index contributed by atoms with van der Waals surface area (Å²) in [7, 11) is -5.48. The second-order valence-electron chi connectivity index (χ2n) is 7.44. The monoisotopic (exact) mass is 552 g/mol.